The minimum atomic E-state index is 0.0461. The third kappa shape index (κ3) is 3.18. The van der Waals surface area contributed by atoms with Crippen LogP contribution in [0.3, 0.4) is 0 Å². The van der Waals surface area contributed by atoms with E-state index in [4.69, 9.17) is 0 Å². The van der Waals surface area contributed by atoms with Gasteiger partial charge in [0, 0.05) is 19.2 Å². The van der Waals surface area contributed by atoms with Crippen molar-refractivity contribution in [2.24, 2.45) is 0 Å². The molecule has 2 rings (SSSR count). The van der Waals surface area contributed by atoms with E-state index in [-0.39, 0.29) is 5.91 Å². The van der Waals surface area contributed by atoms with Crippen molar-refractivity contribution in [3.63, 3.8) is 0 Å². The molecule has 2 aromatic rings. The number of aromatic amines is 1. The number of hydrogen-bond donors (Lipinski definition) is 1. The van der Waals surface area contributed by atoms with Crippen molar-refractivity contribution in [1.82, 2.24) is 25.2 Å². The van der Waals surface area contributed by atoms with E-state index in [0.29, 0.717) is 25.2 Å². The van der Waals surface area contributed by atoms with Crippen molar-refractivity contribution in [1.29, 1.82) is 0 Å². The molecule has 0 aromatic carbocycles. The molecule has 0 aliphatic carbocycles. The van der Waals surface area contributed by atoms with Crippen LogP contribution in [0.4, 0.5) is 0 Å². The Labute approximate surface area is 111 Å². The minimum Gasteiger partial charge on any atom is -0.343 e. The molecule has 0 aliphatic rings. The highest BCUT2D eigenvalue weighted by Gasteiger charge is 2.14. The number of aromatic nitrogens is 4. The smallest absolute Gasteiger partial charge is 0.223 e. The predicted molar refractivity (Wildman–Crippen MR) is 67.2 cm³/mol. The Bertz CT molecular complexity index is 527. The molecule has 0 aliphatic heterocycles. The molecule has 7 nitrogen and oxygen atoms in total. The van der Waals surface area contributed by atoms with Crippen LogP contribution in [-0.4, -0.2) is 38.2 Å². The molecular weight excluding hydrogens is 246 g/mol. The van der Waals surface area contributed by atoms with Gasteiger partial charge in [-0.1, -0.05) is 5.16 Å². The molecule has 2 aromatic heterocycles. The minimum absolute atomic E-state index is 0.0461. The SMILES string of the molecule is Cc1n[nH]c(C)c1CCC(=O)N(C)Cc1ncon1. The van der Waals surface area contributed by atoms with E-state index in [1.54, 1.807) is 11.9 Å². The molecule has 0 bridgehead atoms. The Hall–Kier alpha value is -2.18. The Morgan fingerprint density at radius 2 is 2.26 bits per heavy atom. The normalized spacial score (nSPS) is 10.7. The number of carbonyl (C=O) groups excluding carboxylic acids is 1. The highest BCUT2D eigenvalue weighted by molar-refractivity contribution is 5.76. The Morgan fingerprint density at radius 1 is 1.47 bits per heavy atom. The average Bonchev–Trinajstić information content (AvgIpc) is 2.98. The lowest BCUT2D eigenvalue weighted by molar-refractivity contribution is -0.130. The third-order valence-electron chi connectivity index (χ3n) is 3.08. The van der Waals surface area contributed by atoms with Crippen LogP contribution in [0.5, 0.6) is 0 Å². The maximum Gasteiger partial charge on any atom is 0.223 e. The molecule has 0 atom stereocenters. The summed E-state index contributed by atoms with van der Waals surface area (Å²) in [6, 6.07) is 0. The topological polar surface area (TPSA) is 87.9 Å². The largest absolute Gasteiger partial charge is 0.343 e. The van der Waals surface area contributed by atoms with Crippen molar-refractivity contribution in [2.75, 3.05) is 7.05 Å². The van der Waals surface area contributed by atoms with Crippen molar-refractivity contribution >= 4 is 5.91 Å². The molecule has 2 heterocycles. The standard InChI is InChI=1S/C12H17N5O2/c1-8-10(9(2)15-14-8)4-5-12(18)17(3)6-11-13-7-19-16-11/h7H,4-6H2,1-3H3,(H,14,15). The van der Waals surface area contributed by atoms with Gasteiger partial charge in [-0.3, -0.25) is 9.89 Å². The van der Waals surface area contributed by atoms with Crippen molar-refractivity contribution in [3.8, 4) is 0 Å². The lowest BCUT2D eigenvalue weighted by atomic mass is 10.1. The first-order chi connectivity index (χ1) is 9.08. The number of hydrogen-bond acceptors (Lipinski definition) is 5. The number of nitrogens with one attached hydrogen (secondary N) is 1. The van der Waals surface area contributed by atoms with Crippen LogP contribution in [0.25, 0.3) is 0 Å². The molecule has 0 radical (unpaired) electrons. The Balaban J connectivity index is 1.87. The second-order valence-corrected chi connectivity index (χ2v) is 4.51. The zero-order chi connectivity index (χ0) is 13.8. The number of amides is 1. The molecular formula is C12H17N5O2. The first kappa shape index (κ1) is 13.3. The number of H-pyrrole nitrogens is 1. The van der Waals surface area contributed by atoms with Crippen LogP contribution in [0.15, 0.2) is 10.9 Å². The van der Waals surface area contributed by atoms with Crippen molar-refractivity contribution in [2.45, 2.75) is 33.2 Å². The van der Waals surface area contributed by atoms with Gasteiger partial charge in [0.2, 0.25) is 12.3 Å². The number of nitrogens with zero attached hydrogens (tertiary/aromatic N) is 4. The molecule has 0 saturated carbocycles. The summed E-state index contributed by atoms with van der Waals surface area (Å²) in [7, 11) is 1.73. The zero-order valence-corrected chi connectivity index (χ0v) is 11.3. The number of carbonyl (C=O) groups is 1. The zero-order valence-electron chi connectivity index (χ0n) is 11.3. The van der Waals surface area contributed by atoms with Crippen LogP contribution in [0.1, 0.15) is 29.2 Å². The van der Waals surface area contributed by atoms with Crippen LogP contribution in [0.2, 0.25) is 0 Å². The molecule has 0 saturated heterocycles. The monoisotopic (exact) mass is 263 g/mol. The third-order valence-corrected chi connectivity index (χ3v) is 3.08. The molecule has 0 fully saturated rings. The fourth-order valence-electron chi connectivity index (χ4n) is 1.93. The van der Waals surface area contributed by atoms with E-state index in [0.717, 1.165) is 17.0 Å². The fraction of sp³-hybridized carbons (Fsp3) is 0.500. The molecule has 0 unspecified atom stereocenters. The maximum atomic E-state index is 12.0. The van der Waals surface area contributed by atoms with E-state index >= 15 is 0 Å². The summed E-state index contributed by atoms with van der Waals surface area (Å²) in [6.45, 7) is 4.26. The van der Waals surface area contributed by atoms with Crippen LogP contribution < -0.4 is 0 Å². The quantitative estimate of drug-likeness (QED) is 0.869. The lowest BCUT2D eigenvalue weighted by Crippen LogP contribution is -2.27. The summed E-state index contributed by atoms with van der Waals surface area (Å²) in [4.78, 5) is 17.5. The number of rotatable bonds is 5. The summed E-state index contributed by atoms with van der Waals surface area (Å²) in [5.41, 5.74) is 3.08. The lowest BCUT2D eigenvalue weighted by Gasteiger charge is -2.14. The maximum absolute atomic E-state index is 12.0. The van der Waals surface area contributed by atoms with Gasteiger partial charge < -0.3 is 9.42 Å². The summed E-state index contributed by atoms with van der Waals surface area (Å²) in [5.74, 6) is 0.552. The summed E-state index contributed by atoms with van der Waals surface area (Å²) in [5, 5.41) is 10.7. The van der Waals surface area contributed by atoms with Gasteiger partial charge >= 0.3 is 0 Å². The highest BCUT2D eigenvalue weighted by Crippen LogP contribution is 2.12. The second-order valence-electron chi connectivity index (χ2n) is 4.51. The van der Waals surface area contributed by atoms with Gasteiger partial charge in [-0.25, -0.2) is 0 Å². The summed E-state index contributed by atoms with van der Waals surface area (Å²) in [6.07, 6.45) is 2.38. The molecule has 19 heavy (non-hydrogen) atoms. The molecule has 0 spiro atoms. The van der Waals surface area contributed by atoms with Crippen molar-refractivity contribution in [3.05, 3.63) is 29.2 Å². The van der Waals surface area contributed by atoms with E-state index in [9.17, 15) is 4.79 Å². The van der Waals surface area contributed by atoms with Gasteiger partial charge in [0.05, 0.1) is 12.2 Å². The van der Waals surface area contributed by atoms with E-state index in [2.05, 4.69) is 24.9 Å². The first-order valence-corrected chi connectivity index (χ1v) is 6.07. The van der Waals surface area contributed by atoms with Gasteiger partial charge in [-0.05, 0) is 25.8 Å². The average molecular weight is 263 g/mol. The van der Waals surface area contributed by atoms with Crippen molar-refractivity contribution < 1.29 is 9.32 Å². The van der Waals surface area contributed by atoms with Gasteiger partial charge in [0.15, 0.2) is 5.82 Å². The molecule has 1 amide bonds. The van der Waals surface area contributed by atoms with E-state index in [1.807, 2.05) is 13.8 Å². The first-order valence-electron chi connectivity index (χ1n) is 6.07. The Morgan fingerprint density at radius 3 is 2.84 bits per heavy atom. The summed E-state index contributed by atoms with van der Waals surface area (Å²) < 4.78 is 4.63. The van der Waals surface area contributed by atoms with Gasteiger partial charge in [-0.2, -0.15) is 10.1 Å². The molecule has 1 N–H and O–H groups in total. The van der Waals surface area contributed by atoms with Crippen LogP contribution in [0, 0.1) is 13.8 Å². The Kier molecular flexibility index (Phi) is 3.94. The predicted octanol–water partition coefficient (Wildman–Crippen LogP) is 1.00. The second kappa shape index (κ2) is 5.64. The van der Waals surface area contributed by atoms with Gasteiger partial charge in [0.25, 0.3) is 0 Å². The van der Waals surface area contributed by atoms with Gasteiger partial charge in [-0.15, -0.1) is 0 Å². The number of aryl methyl sites for hydroxylation is 2. The highest BCUT2D eigenvalue weighted by atomic mass is 16.5. The van der Waals surface area contributed by atoms with Crippen LogP contribution >= 0.6 is 0 Å². The molecule has 7 heteroatoms. The van der Waals surface area contributed by atoms with Crippen LogP contribution in [-0.2, 0) is 17.8 Å². The van der Waals surface area contributed by atoms with E-state index < -0.39 is 0 Å². The van der Waals surface area contributed by atoms with E-state index in [1.165, 1.54) is 6.39 Å². The fourth-order valence-corrected chi connectivity index (χ4v) is 1.93. The van der Waals surface area contributed by atoms with Gasteiger partial charge in [0.1, 0.15) is 0 Å². The molecule has 102 valence electrons. The summed E-state index contributed by atoms with van der Waals surface area (Å²) >= 11 is 0.